The van der Waals surface area contributed by atoms with Crippen LogP contribution in [0.15, 0.2) is 28.3 Å². The van der Waals surface area contributed by atoms with Gasteiger partial charge in [-0.2, -0.15) is 0 Å². The molecule has 2 heterocycles. The van der Waals surface area contributed by atoms with E-state index in [2.05, 4.69) is 15.2 Å². The van der Waals surface area contributed by atoms with Crippen molar-refractivity contribution in [1.29, 1.82) is 0 Å². The molecule has 2 aromatic rings. The lowest BCUT2D eigenvalue weighted by atomic mass is 10.2. The second-order valence-electron chi connectivity index (χ2n) is 4.69. The standard InChI is InChI=1S/C11H13ClN4O3S/c1-7(2)6-16-10(8-3-4-9(17)13-5-8)14-15-11(16)20(12,18)19/h3-5,7H,6H2,1-2H3,(H,13,17). The molecule has 0 amide bonds. The normalized spacial score (nSPS) is 12.0. The van der Waals surface area contributed by atoms with Gasteiger partial charge in [-0.1, -0.05) is 13.8 Å². The molecule has 0 saturated carbocycles. The van der Waals surface area contributed by atoms with Gasteiger partial charge in [0.2, 0.25) is 5.56 Å². The molecule has 0 fully saturated rings. The van der Waals surface area contributed by atoms with Gasteiger partial charge in [0.05, 0.1) is 0 Å². The molecule has 108 valence electrons. The Bertz CT molecular complexity index is 759. The van der Waals surface area contributed by atoms with Gasteiger partial charge in [0.15, 0.2) is 5.82 Å². The van der Waals surface area contributed by atoms with Crippen LogP contribution in [0.1, 0.15) is 13.8 Å². The van der Waals surface area contributed by atoms with E-state index in [1.54, 1.807) is 6.07 Å². The number of aromatic amines is 1. The number of rotatable bonds is 4. The van der Waals surface area contributed by atoms with Crippen LogP contribution in [-0.4, -0.2) is 28.2 Å². The predicted octanol–water partition coefficient (Wildman–Crippen LogP) is 1.22. The van der Waals surface area contributed by atoms with Crippen molar-refractivity contribution < 1.29 is 8.42 Å². The first-order valence-electron chi connectivity index (χ1n) is 5.86. The molecule has 0 aliphatic heterocycles. The summed E-state index contributed by atoms with van der Waals surface area (Å²) in [6.07, 6.45) is 1.45. The van der Waals surface area contributed by atoms with Crippen LogP contribution in [0.5, 0.6) is 0 Å². The van der Waals surface area contributed by atoms with E-state index in [9.17, 15) is 13.2 Å². The first kappa shape index (κ1) is 14.7. The third-order valence-electron chi connectivity index (χ3n) is 2.53. The molecule has 1 N–H and O–H groups in total. The molecule has 0 aliphatic carbocycles. The Morgan fingerprint density at radius 1 is 1.35 bits per heavy atom. The van der Waals surface area contributed by atoms with Crippen molar-refractivity contribution >= 4 is 19.7 Å². The van der Waals surface area contributed by atoms with Gasteiger partial charge in [-0.3, -0.25) is 9.36 Å². The van der Waals surface area contributed by atoms with Gasteiger partial charge in [0.25, 0.3) is 14.2 Å². The number of hydrogen-bond acceptors (Lipinski definition) is 5. The summed E-state index contributed by atoms with van der Waals surface area (Å²) < 4.78 is 24.5. The van der Waals surface area contributed by atoms with E-state index in [1.807, 2.05) is 13.8 Å². The Balaban J connectivity index is 2.61. The molecule has 2 rings (SSSR count). The molecule has 0 aromatic carbocycles. The largest absolute Gasteiger partial charge is 0.328 e. The highest BCUT2D eigenvalue weighted by Gasteiger charge is 2.23. The van der Waals surface area contributed by atoms with Crippen LogP contribution in [0.2, 0.25) is 0 Å². The van der Waals surface area contributed by atoms with E-state index < -0.39 is 9.05 Å². The quantitative estimate of drug-likeness (QED) is 0.855. The molecule has 20 heavy (non-hydrogen) atoms. The lowest BCUT2D eigenvalue weighted by Gasteiger charge is -2.11. The minimum atomic E-state index is -3.98. The summed E-state index contributed by atoms with van der Waals surface area (Å²) in [5.41, 5.74) is 0.304. The molecule has 7 nitrogen and oxygen atoms in total. The van der Waals surface area contributed by atoms with Crippen molar-refractivity contribution in [1.82, 2.24) is 19.7 Å². The molecule has 0 radical (unpaired) electrons. The maximum Gasteiger partial charge on any atom is 0.296 e. The number of nitrogens with zero attached hydrogens (tertiary/aromatic N) is 3. The summed E-state index contributed by atoms with van der Waals surface area (Å²) in [5.74, 6) is 0.513. The average molecular weight is 317 g/mol. The lowest BCUT2D eigenvalue weighted by molar-refractivity contribution is 0.488. The number of nitrogens with one attached hydrogen (secondary N) is 1. The van der Waals surface area contributed by atoms with Gasteiger partial charge in [-0.25, -0.2) is 8.42 Å². The van der Waals surface area contributed by atoms with Crippen LogP contribution in [0.4, 0.5) is 0 Å². The van der Waals surface area contributed by atoms with E-state index in [4.69, 9.17) is 10.7 Å². The molecule has 0 unspecified atom stereocenters. The summed E-state index contributed by atoms with van der Waals surface area (Å²) in [5, 5.41) is 7.21. The van der Waals surface area contributed by atoms with Crippen LogP contribution >= 0.6 is 10.7 Å². The number of H-pyrrole nitrogens is 1. The number of aromatic nitrogens is 4. The second kappa shape index (κ2) is 5.37. The Hall–Kier alpha value is -1.67. The van der Waals surface area contributed by atoms with E-state index in [0.29, 0.717) is 17.9 Å². The lowest BCUT2D eigenvalue weighted by Crippen LogP contribution is -2.12. The maximum absolute atomic E-state index is 11.5. The minimum absolute atomic E-state index is 0.171. The topological polar surface area (TPSA) is 97.7 Å². The fourth-order valence-corrected chi connectivity index (χ4v) is 2.67. The smallest absolute Gasteiger partial charge is 0.296 e. The molecule has 0 aliphatic rings. The van der Waals surface area contributed by atoms with Crippen LogP contribution < -0.4 is 5.56 Å². The molecular formula is C11H13ClN4O3S. The highest BCUT2D eigenvalue weighted by Crippen LogP contribution is 2.22. The van der Waals surface area contributed by atoms with Gasteiger partial charge in [-0.05, 0) is 12.0 Å². The zero-order valence-corrected chi connectivity index (χ0v) is 12.4. The molecule has 0 spiro atoms. The van der Waals surface area contributed by atoms with Crippen molar-refractivity contribution in [2.45, 2.75) is 25.5 Å². The summed E-state index contributed by atoms with van der Waals surface area (Å²) in [6, 6.07) is 2.88. The number of hydrogen-bond donors (Lipinski definition) is 1. The van der Waals surface area contributed by atoms with E-state index >= 15 is 0 Å². The first-order chi connectivity index (χ1) is 9.29. The fourth-order valence-electron chi connectivity index (χ4n) is 1.76. The molecule has 0 bridgehead atoms. The predicted molar refractivity (Wildman–Crippen MR) is 74.0 cm³/mol. The van der Waals surface area contributed by atoms with Crippen molar-refractivity contribution in [3.05, 3.63) is 28.7 Å². The Morgan fingerprint density at radius 3 is 2.55 bits per heavy atom. The Morgan fingerprint density at radius 2 is 2.05 bits per heavy atom. The van der Waals surface area contributed by atoms with Crippen molar-refractivity contribution in [3.63, 3.8) is 0 Å². The van der Waals surface area contributed by atoms with Crippen LogP contribution in [0.3, 0.4) is 0 Å². The maximum atomic E-state index is 11.5. The van der Waals surface area contributed by atoms with Gasteiger partial charge in [0.1, 0.15) is 0 Å². The van der Waals surface area contributed by atoms with Crippen LogP contribution in [0, 0.1) is 5.92 Å². The zero-order chi connectivity index (χ0) is 14.9. The summed E-state index contributed by atoms with van der Waals surface area (Å²) in [6.45, 7) is 4.26. The third kappa shape index (κ3) is 3.07. The van der Waals surface area contributed by atoms with Crippen molar-refractivity contribution in [2.24, 2.45) is 5.92 Å². The third-order valence-corrected chi connectivity index (χ3v) is 3.68. The van der Waals surface area contributed by atoms with Gasteiger partial charge >= 0.3 is 0 Å². The molecule has 2 aromatic heterocycles. The van der Waals surface area contributed by atoms with E-state index in [1.165, 1.54) is 16.8 Å². The Kier molecular flexibility index (Phi) is 3.96. The van der Waals surface area contributed by atoms with Crippen molar-refractivity contribution in [3.8, 4) is 11.4 Å². The van der Waals surface area contributed by atoms with Crippen molar-refractivity contribution in [2.75, 3.05) is 0 Å². The van der Waals surface area contributed by atoms with Gasteiger partial charge in [0, 0.05) is 35.1 Å². The van der Waals surface area contributed by atoms with E-state index in [0.717, 1.165) is 0 Å². The summed E-state index contributed by atoms with van der Waals surface area (Å²) in [7, 11) is 1.38. The molecule has 0 saturated heterocycles. The first-order valence-corrected chi connectivity index (χ1v) is 8.17. The van der Waals surface area contributed by atoms with Crippen LogP contribution in [-0.2, 0) is 15.6 Å². The van der Waals surface area contributed by atoms with Gasteiger partial charge < -0.3 is 4.98 Å². The molecule has 9 heteroatoms. The second-order valence-corrected chi connectivity index (χ2v) is 7.15. The molecule has 0 atom stereocenters. The average Bonchev–Trinajstić information content (AvgIpc) is 2.72. The number of halogens is 1. The summed E-state index contributed by atoms with van der Waals surface area (Å²) in [4.78, 5) is 13.6. The monoisotopic (exact) mass is 316 g/mol. The molecular weight excluding hydrogens is 304 g/mol. The fraction of sp³-hybridized carbons (Fsp3) is 0.364. The SMILES string of the molecule is CC(C)Cn1c(-c2ccc(=O)[nH]c2)nnc1S(=O)(=O)Cl. The highest BCUT2D eigenvalue weighted by molar-refractivity contribution is 8.13. The highest BCUT2D eigenvalue weighted by atomic mass is 35.7. The summed E-state index contributed by atoms with van der Waals surface area (Å²) >= 11 is 0. The number of pyridine rings is 1. The minimum Gasteiger partial charge on any atom is -0.328 e. The van der Waals surface area contributed by atoms with E-state index in [-0.39, 0.29) is 16.6 Å². The van der Waals surface area contributed by atoms with Gasteiger partial charge in [-0.15, -0.1) is 10.2 Å². The zero-order valence-electron chi connectivity index (χ0n) is 10.9. The van der Waals surface area contributed by atoms with Crippen LogP contribution in [0.25, 0.3) is 11.4 Å². The Labute approximate surface area is 120 Å².